The van der Waals surface area contributed by atoms with E-state index in [-0.39, 0.29) is 25.5 Å². The normalized spacial score (nSPS) is 19.1. The Morgan fingerprint density at radius 2 is 2.10 bits per heavy atom. The van der Waals surface area contributed by atoms with Crippen LogP contribution in [0.3, 0.4) is 0 Å². The number of aromatic nitrogens is 2. The van der Waals surface area contributed by atoms with Gasteiger partial charge in [0.2, 0.25) is 11.8 Å². The third-order valence-electron chi connectivity index (χ3n) is 4.78. The van der Waals surface area contributed by atoms with Crippen LogP contribution in [-0.4, -0.2) is 58.2 Å². The van der Waals surface area contributed by atoms with Crippen molar-refractivity contribution in [1.82, 2.24) is 14.5 Å². The number of ether oxygens (including phenoxy) is 2. The second kappa shape index (κ2) is 9.76. The summed E-state index contributed by atoms with van der Waals surface area (Å²) in [5, 5.41) is 0.602. The fourth-order valence-corrected chi connectivity index (χ4v) is 3.48. The number of carbonyl (C=O) groups is 2. The van der Waals surface area contributed by atoms with Crippen molar-refractivity contribution in [2.45, 2.75) is 31.4 Å². The first-order chi connectivity index (χ1) is 14.0. The minimum atomic E-state index is -0.969. The quantitative estimate of drug-likeness (QED) is 0.667. The summed E-state index contributed by atoms with van der Waals surface area (Å²) >= 11 is 5.89. The Bertz CT molecular complexity index is 812. The number of imidazole rings is 1. The highest BCUT2D eigenvalue weighted by Gasteiger charge is 2.40. The Morgan fingerprint density at radius 1 is 1.31 bits per heavy atom. The molecule has 2 N–H and O–H groups in total. The standard InChI is InChI=1S/C20H25ClN4O4/c21-16-3-5-17(6-4-16)28-14-20(12-18(22)26)13-25(10-11-29-20)19(27)2-1-8-24-9-7-23-15-24/h3-7,9,15H,1-2,8,10-14H2,(H2,22,26)/t20-/m1/s1. The lowest BCUT2D eigenvalue weighted by molar-refractivity contribution is -0.161. The van der Waals surface area contributed by atoms with E-state index in [1.54, 1.807) is 41.7 Å². The van der Waals surface area contributed by atoms with Gasteiger partial charge in [-0.1, -0.05) is 11.6 Å². The van der Waals surface area contributed by atoms with E-state index in [0.29, 0.717) is 36.8 Å². The number of nitrogens with two attached hydrogens (primary N) is 1. The van der Waals surface area contributed by atoms with Crippen molar-refractivity contribution in [3.63, 3.8) is 0 Å². The Balaban J connectivity index is 1.59. The van der Waals surface area contributed by atoms with Gasteiger partial charge in [0.1, 0.15) is 18.0 Å². The predicted molar refractivity (Wildman–Crippen MR) is 107 cm³/mol. The van der Waals surface area contributed by atoms with Crippen LogP contribution in [0.1, 0.15) is 19.3 Å². The molecule has 1 atom stereocenters. The van der Waals surface area contributed by atoms with E-state index >= 15 is 0 Å². The van der Waals surface area contributed by atoms with Gasteiger partial charge in [0, 0.05) is 36.9 Å². The summed E-state index contributed by atoms with van der Waals surface area (Å²) in [6.45, 7) is 1.89. The highest BCUT2D eigenvalue weighted by molar-refractivity contribution is 6.30. The monoisotopic (exact) mass is 420 g/mol. The minimum absolute atomic E-state index is 0.0220. The maximum Gasteiger partial charge on any atom is 0.222 e. The van der Waals surface area contributed by atoms with Gasteiger partial charge in [0.25, 0.3) is 0 Å². The molecule has 0 radical (unpaired) electrons. The molecule has 2 heterocycles. The molecule has 2 amide bonds. The maximum atomic E-state index is 12.7. The zero-order chi connectivity index (χ0) is 20.7. The van der Waals surface area contributed by atoms with Crippen molar-refractivity contribution < 1.29 is 19.1 Å². The number of aryl methyl sites for hydroxylation is 1. The molecule has 0 aliphatic carbocycles. The van der Waals surface area contributed by atoms with Gasteiger partial charge in [-0.25, -0.2) is 4.98 Å². The second-order valence-electron chi connectivity index (χ2n) is 7.14. The molecule has 1 fully saturated rings. The number of rotatable bonds is 9. The molecular weight excluding hydrogens is 396 g/mol. The lowest BCUT2D eigenvalue weighted by Crippen LogP contribution is -2.58. The van der Waals surface area contributed by atoms with Gasteiger partial charge in [-0.3, -0.25) is 9.59 Å². The van der Waals surface area contributed by atoms with Crippen molar-refractivity contribution in [1.29, 1.82) is 0 Å². The van der Waals surface area contributed by atoms with E-state index in [1.807, 2.05) is 10.8 Å². The van der Waals surface area contributed by atoms with Crippen molar-refractivity contribution in [3.05, 3.63) is 48.0 Å². The fraction of sp³-hybridized carbons (Fsp3) is 0.450. The third kappa shape index (κ3) is 6.20. The van der Waals surface area contributed by atoms with E-state index < -0.39 is 11.5 Å². The van der Waals surface area contributed by atoms with Crippen LogP contribution >= 0.6 is 11.6 Å². The van der Waals surface area contributed by atoms with E-state index in [4.69, 9.17) is 26.8 Å². The van der Waals surface area contributed by atoms with E-state index in [0.717, 1.165) is 6.54 Å². The molecule has 1 saturated heterocycles. The predicted octanol–water partition coefficient (Wildman–Crippen LogP) is 1.87. The summed E-state index contributed by atoms with van der Waals surface area (Å²) in [5.41, 5.74) is 4.48. The van der Waals surface area contributed by atoms with Crippen LogP contribution in [0, 0.1) is 0 Å². The first kappa shape index (κ1) is 21.1. The molecule has 1 aromatic heterocycles. The van der Waals surface area contributed by atoms with Crippen LogP contribution in [0.15, 0.2) is 43.0 Å². The van der Waals surface area contributed by atoms with Crippen LogP contribution < -0.4 is 10.5 Å². The van der Waals surface area contributed by atoms with Crippen LogP contribution in [0.2, 0.25) is 5.02 Å². The zero-order valence-electron chi connectivity index (χ0n) is 16.1. The summed E-state index contributed by atoms with van der Waals surface area (Å²) in [4.78, 5) is 30.1. The van der Waals surface area contributed by atoms with Crippen molar-refractivity contribution in [2.24, 2.45) is 5.73 Å². The Morgan fingerprint density at radius 3 is 2.79 bits per heavy atom. The number of carbonyl (C=O) groups excluding carboxylic acids is 2. The molecule has 0 bridgehead atoms. The SMILES string of the molecule is NC(=O)C[C@]1(COc2ccc(Cl)cc2)CN(C(=O)CCCn2ccnc2)CCO1. The molecule has 1 aliphatic rings. The molecule has 1 aliphatic heterocycles. The molecule has 29 heavy (non-hydrogen) atoms. The second-order valence-corrected chi connectivity index (χ2v) is 7.57. The number of benzene rings is 1. The number of morpholine rings is 1. The molecule has 156 valence electrons. The molecule has 9 heteroatoms. The highest BCUT2D eigenvalue weighted by atomic mass is 35.5. The molecule has 2 aromatic rings. The van der Waals surface area contributed by atoms with Gasteiger partial charge < -0.3 is 24.7 Å². The first-order valence-electron chi connectivity index (χ1n) is 9.50. The summed E-state index contributed by atoms with van der Waals surface area (Å²) in [5.74, 6) is 0.124. The molecule has 0 unspecified atom stereocenters. The number of primary amides is 1. The zero-order valence-corrected chi connectivity index (χ0v) is 16.9. The summed E-state index contributed by atoms with van der Waals surface area (Å²) in [7, 11) is 0. The first-order valence-corrected chi connectivity index (χ1v) is 9.88. The average Bonchev–Trinajstić information content (AvgIpc) is 3.21. The van der Waals surface area contributed by atoms with Crippen LogP contribution in [-0.2, 0) is 20.9 Å². The van der Waals surface area contributed by atoms with Crippen LogP contribution in [0.4, 0.5) is 0 Å². The lowest BCUT2D eigenvalue weighted by Gasteiger charge is -2.42. The minimum Gasteiger partial charge on any atom is -0.490 e. The molecule has 0 saturated carbocycles. The Kier molecular flexibility index (Phi) is 7.11. The number of nitrogens with zero attached hydrogens (tertiary/aromatic N) is 3. The number of hydrogen-bond acceptors (Lipinski definition) is 5. The van der Waals surface area contributed by atoms with Gasteiger partial charge in [-0.15, -0.1) is 0 Å². The third-order valence-corrected chi connectivity index (χ3v) is 5.03. The van der Waals surface area contributed by atoms with Gasteiger partial charge in [0.05, 0.1) is 25.9 Å². The van der Waals surface area contributed by atoms with Gasteiger partial charge >= 0.3 is 0 Å². The number of amides is 2. The molecule has 0 spiro atoms. The fourth-order valence-electron chi connectivity index (χ4n) is 3.36. The van der Waals surface area contributed by atoms with Gasteiger partial charge in [0.15, 0.2) is 0 Å². The molecule has 8 nitrogen and oxygen atoms in total. The van der Waals surface area contributed by atoms with E-state index in [2.05, 4.69) is 4.98 Å². The van der Waals surface area contributed by atoms with Crippen LogP contribution in [0.5, 0.6) is 5.75 Å². The summed E-state index contributed by atoms with van der Waals surface area (Å²) in [6.07, 6.45) is 6.39. The number of halogens is 1. The van der Waals surface area contributed by atoms with Crippen molar-refractivity contribution in [2.75, 3.05) is 26.3 Å². The van der Waals surface area contributed by atoms with Gasteiger partial charge in [-0.05, 0) is 30.7 Å². The van der Waals surface area contributed by atoms with Crippen molar-refractivity contribution in [3.8, 4) is 5.75 Å². The number of hydrogen-bond donors (Lipinski definition) is 1. The summed E-state index contributed by atoms with van der Waals surface area (Å²) < 4.78 is 13.7. The maximum absolute atomic E-state index is 12.7. The van der Waals surface area contributed by atoms with Crippen molar-refractivity contribution >= 4 is 23.4 Å². The summed E-state index contributed by atoms with van der Waals surface area (Å²) in [6, 6.07) is 6.91. The molecular formula is C20H25ClN4O4. The molecule has 3 rings (SSSR count). The Hall–Kier alpha value is -2.58. The van der Waals surface area contributed by atoms with Gasteiger partial charge in [-0.2, -0.15) is 0 Å². The average molecular weight is 421 g/mol. The van der Waals surface area contributed by atoms with E-state index in [1.165, 1.54) is 0 Å². The lowest BCUT2D eigenvalue weighted by atomic mass is 9.97. The largest absolute Gasteiger partial charge is 0.490 e. The van der Waals surface area contributed by atoms with E-state index in [9.17, 15) is 9.59 Å². The van der Waals surface area contributed by atoms with Crippen LogP contribution in [0.25, 0.3) is 0 Å². The highest BCUT2D eigenvalue weighted by Crippen LogP contribution is 2.25. The topological polar surface area (TPSA) is 99.7 Å². The smallest absolute Gasteiger partial charge is 0.222 e. The molecule has 1 aromatic carbocycles. The Labute approximate surface area is 174 Å².